The third-order valence-corrected chi connectivity index (χ3v) is 5.73. The van der Waals surface area contributed by atoms with Crippen molar-refractivity contribution in [1.29, 1.82) is 0 Å². The minimum Gasteiger partial charge on any atom is -0.423 e. The van der Waals surface area contributed by atoms with Crippen molar-refractivity contribution in [3.8, 4) is 0 Å². The van der Waals surface area contributed by atoms with Crippen molar-refractivity contribution in [3.05, 3.63) is 116 Å². The molecule has 0 spiro atoms. The van der Waals surface area contributed by atoms with Crippen molar-refractivity contribution in [2.75, 3.05) is 18.4 Å². The second-order valence-corrected chi connectivity index (χ2v) is 8.23. The fraction of sp³-hybridized carbons (Fsp3) is 0.185. The van der Waals surface area contributed by atoms with Crippen molar-refractivity contribution in [2.24, 2.45) is 0 Å². The molecule has 0 fully saturated rings. The summed E-state index contributed by atoms with van der Waals surface area (Å²) in [6.07, 6.45) is 0.598. The lowest BCUT2D eigenvalue weighted by Gasteiger charge is -2.23. The number of carbonyl (C=O) groups is 1. The Labute approximate surface area is 202 Å². The van der Waals surface area contributed by atoms with Crippen molar-refractivity contribution in [1.82, 2.24) is 4.90 Å². The Kier molecular flexibility index (Phi) is 7.21. The summed E-state index contributed by atoms with van der Waals surface area (Å²) < 4.78 is 5.23. The molecule has 1 heterocycles. The van der Waals surface area contributed by atoms with Gasteiger partial charge < -0.3 is 14.6 Å². The standard InChI is InChI=1S/C27H25N3O5/c1-19-12-13-21(16-24(19)30(33)34)27(32)29(18-20-8-3-2-4-9-20)15-7-14-28-23-17-26(31)35-25-11-6-5-10-22(23)25/h2-6,8-13,16-17,28H,7,14-15,18H2,1H3. The molecule has 0 bridgehead atoms. The Morgan fingerprint density at radius 2 is 1.77 bits per heavy atom. The Balaban J connectivity index is 1.50. The van der Waals surface area contributed by atoms with E-state index in [1.165, 1.54) is 12.1 Å². The number of carbonyl (C=O) groups excluding carboxylic acids is 1. The maximum absolute atomic E-state index is 13.3. The van der Waals surface area contributed by atoms with Crippen LogP contribution in [-0.2, 0) is 6.54 Å². The predicted molar refractivity (Wildman–Crippen MR) is 135 cm³/mol. The second kappa shape index (κ2) is 10.6. The lowest BCUT2D eigenvalue weighted by atomic mass is 10.1. The molecule has 1 N–H and O–H groups in total. The minimum atomic E-state index is -0.474. The van der Waals surface area contributed by atoms with E-state index < -0.39 is 10.5 Å². The van der Waals surface area contributed by atoms with Crippen LogP contribution in [0.5, 0.6) is 0 Å². The molecule has 0 atom stereocenters. The average molecular weight is 472 g/mol. The van der Waals surface area contributed by atoms with Crippen LogP contribution in [-0.4, -0.2) is 28.8 Å². The SMILES string of the molecule is Cc1ccc(C(=O)N(CCCNc2cc(=O)oc3ccccc23)Cc2ccccc2)cc1[N+](=O)[O-]. The zero-order valence-electron chi connectivity index (χ0n) is 19.3. The number of rotatable bonds is 9. The summed E-state index contributed by atoms with van der Waals surface area (Å²) in [4.78, 5) is 37.8. The van der Waals surface area contributed by atoms with Gasteiger partial charge in [-0.25, -0.2) is 4.79 Å². The largest absolute Gasteiger partial charge is 0.423 e. The van der Waals surface area contributed by atoms with E-state index in [1.807, 2.05) is 42.5 Å². The van der Waals surface area contributed by atoms with Gasteiger partial charge in [0.25, 0.3) is 11.6 Å². The number of para-hydroxylation sites is 1. The molecule has 0 aliphatic carbocycles. The molecule has 0 aliphatic heterocycles. The van der Waals surface area contributed by atoms with Crippen LogP contribution in [0.25, 0.3) is 11.0 Å². The molecule has 178 valence electrons. The fourth-order valence-electron chi connectivity index (χ4n) is 3.93. The van der Waals surface area contributed by atoms with E-state index in [4.69, 9.17) is 4.42 Å². The highest BCUT2D eigenvalue weighted by atomic mass is 16.6. The zero-order chi connectivity index (χ0) is 24.8. The number of nitro groups is 1. The smallest absolute Gasteiger partial charge is 0.338 e. The van der Waals surface area contributed by atoms with Crippen LogP contribution in [0.2, 0.25) is 0 Å². The highest BCUT2D eigenvalue weighted by Gasteiger charge is 2.20. The molecule has 0 radical (unpaired) electrons. The van der Waals surface area contributed by atoms with Crippen LogP contribution in [0.15, 0.2) is 88.1 Å². The molecule has 1 amide bonds. The van der Waals surface area contributed by atoms with Crippen molar-refractivity contribution in [3.63, 3.8) is 0 Å². The van der Waals surface area contributed by atoms with Gasteiger partial charge in [-0.1, -0.05) is 48.5 Å². The number of anilines is 1. The van der Waals surface area contributed by atoms with Crippen LogP contribution in [0, 0.1) is 17.0 Å². The van der Waals surface area contributed by atoms with Gasteiger partial charge in [0, 0.05) is 48.3 Å². The first-order valence-electron chi connectivity index (χ1n) is 11.3. The van der Waals surface area contributed by atoms with Crippen LogP contribution in [0.1, 0.15) is 27.9 Å². The molecule has 0 saturated carbocycles. The van der Waals surface area contributed by atoms with Crippen LogP contribution >= 0.6 is 0 Å². The molecule has 35 heavy (non-hydrogen) atoms. The van der Waals surface area contributed by atoms with E-state index in [1.54, 1.807) is 36.1 Å². The molecule has 0 unspecified atom stereocenters. The van der Waals surface area contributed by atoms with Gasteiger partial charge in [0.2, 0.25) is 0 Å². The van der Waals surface area contributed by atoms with Crippen molar-refractivity contribution >= 4 is 28.3 Å². The topological polar surface area (TPSA) is 106 Å². The Morgan fingerprint density at radius 1 is 1.03 bits per heavy atom. The van der Waals surface area contributed by atoms with Gasteiger partial charge in [0.15, 0.2) is 0 Å². The minimum absolute atomic E-state index is 0.0769. The van der Waals surface area contributed by atoms with E-state index in [0.29, 0.717) is 42.9 Å². The van der Waals surface area contributed by atoms with Crippen LogP contribution in [0.3, 0.4) is 0 Å². The summed E-state index contributed by atoms with van der Waals surface area (Å²) in [5.74, 6) is -0.275. The van der Waals surface area contributed by atoms with Gasteiger partial charge >= 0.3 is 5.63 Å². The van der Waals surface area contributed by atoms with Crippen molar-refractivity contribution in [2.45, 2.75) is 19.9 Å². The monoisotopic (exact) mass is 471 g/mol. The van der Waals surface area contributed by atoms with Gasteiger partial charge in [-0.2, -0.15) is 0 Å². The molecule has 0 aliphatic rings. The number of nitrogens with one attached hydrogen (secondary N) is 1. The number of hydrogen-bond donors (Lipinski definition) is 1. The molecular weight excluding hydrogens is 446 g/mol. The summed E-state index contributed by atoms with van der Waals surface area (Å²) in [6, 6.07) is 22.8. The number of benzene rings is 3. The van der Waals surface area contributed by atoms with Gasteiger partial charge in [-0.15, -0.1) is 0 Å². The van der Waals surface area contributed by atoms with Crippen molar-refractivity contribution < 1.29 is 14.1 Å². The molecule has 8 nitrogen and oxygen atoms in total. The van der Waals surface area contributed by atoms with Gasteiger partial charge in [-0.3, -0.25) is 14.9 Å². The molecule has 3 aromatic carbocycles. The predicted octanol–water partition coefficient (Wildman–Crippen LogP) is 5.15. The number of fused-ring (bicyclic) bond motifs is 1. The summed E-state index contributed by atoms with van der Waals surface area (Å²) >= 11 is 0. The molecule has 8 heteroatoms. The molecule has 1 aromatic heterocycles. The average Bonchev–Trinajstić information content (AvgIpc) is 2.86. The summed E-state index contributed by atoms with van der Waals surface area (Å²) in [6.45, 7) is 2.95. The molecule has 4 rings (SSSR count). The number of amides is 1. The van der Waals surface area contributed by atoms with Gasteiger partial charge in [0.1, 0.15) is 5.58 Å². The zero-order valence-corrected chi connectivity index (χ0v) is 19.3. The first kappa shape index (κ1) is 23.7. The molecule has 4 aromatic rings. The lowest BCUT2D eigenvalue weighted by Crippen LogP contribution is -2.32. The van der Waals surface area contributed by atoms with Crippen LogP contribution in [0.4, 0.5) is 11.4 Å². The summed E-state index contributed by atoms with van der Waals surface area (Å²) in [5.41, 5.74) is 2.40. The van der Waals surface area contributed by atoms with Crippen LogP contribution < -0.4 is 10.9 Å². The maximum atomic E-state index is 13.3. The molecular formula is C27H25N3O5. The second-order valence-electron chi connectivity index (χ2n) is 8.23. The van der Waals surface area contributed by atoms with E-state index in [-0.39, 0.29) is 17.2 Å². The number of hydrogen-bond acceptors (Lipinski definition) is 6. The number of aryl methyl sites for hydroxylation is 1. The van der Waals surface area contributed by atoms with Gasteiger partial charge in [-0.05, 0) is 37.1 Å². The quantitative estimate of drug-likeness (QED) is 0.157. The number of nitro benzene ring substituents is 1. The van der Waals surface area contributed by atoms with E-state index in [0.717, 1.165) is 10.9 Å². The maximum Gasteiger partial charge on any atom is 0.338 e. The summed E-state index contributed by atoms with van der Waals surface area (Å²) in [5, 5.41) is 15.4. The third-order valence-electron chi connectivity index (χ3n) is 5.73. The number of nitrogens with zero attached hydrogens (tertiary/aromatic N) is 2. The van der Waals surface area contributed by atoms with E-state index in [9.17, 15) is 19.7 Å². The van der Waals surface area contributed by atoms with Gasteiger partial charge in [0.05, 0.1) is 10.6 Å². The summed E-state index contributed by atoms with van der Waals surface area (Å²) in [7, 11) is 0. The first-order valence-corrected chi connectivity index (χ1v) is 11.3. The Morgan fingerprint density at radius 3 is 2.54 bits per heavy atom. The first-order chi connectivity index (χ1) is 16.9. The van der Waals surface area contributed by atoms with E-state index >= 15 is 0 Å². The highest BCUT2D eigenvalue weighted by Crippen LogP contribution is 2.22. The normalized spacial score (nSPS) is 10.8. The Hall–Kier alpha value is -4.46. The fourth-order valence-corrected chi connectivity index (χ4v) is 3.93. The van der Waals surface area contributed by atoms with E-state index in [2.05, 4.69) is 5.32 Å². The third kappa shape index (κ3) is 5.73. The lowest BCUT2D eigenvalue weighted by molar-refractivity contribution is -0.385. The molecule has 0 saturated heterocycles. The highest BCUT2D eigenvalue weighted by molar-refractivity contribution is 5.95. The Bertz CT molecular complexity index is 1420.